The zero-order valence-electron chi connectivity index (χ0n) is 16.3. The first-order valence-corrected chi connectivity index (χ1v) is 9.50. The Labute approximate surface area is 176 Å². The quantitative estimate of drug-likeness (QED) is 0.449. The van der Waals surface area contributed by atoms with E-state index < -0.39 is 11.7 Å². The van der Waals surface area contributed by atoms with Crippen LogP contribution in [0.4, 0.5) is 33.2 Å². The van der Waals surface area contributed by atoms with Crippen molar-refractivity contribution < 1.29 is 19.1 Å². The smallest absolute Gasteiger partial charge is 0.254 e. The van der Waals surface area contributed by atoms with Crippen molar-refractivity contribution in [3.05, 3.63) is 60.0 Å². The van der Waals surface area contributed by atoms with Gasteiger partial charge in [0.25, 0.3) is 5.91 Å². The molecule has 2 heterocycles. The number of carbonyl (C=O) groups excluding carboxylic acids is 2. The monoisotopic (exact) mass is 422 g/mol. The molecule has 2 aromatic carbocycles. The molecule has 0 spiro atoms. The molecule has 158 valence electrons. The second-order valence-electron chi connectivity index (χ2n) is 6.93. The highest BCUT2D eigenvalue weighted by molar-refractivity contribution is 5.98. The number of phenolic OH excluding ortho intramolecular Hbond substituents is 1. The number of aromatic hydroxyl groups is 1. The fraction of sp³-hybridized carbons (Fsp3) is 0.143. The number of anilines is 5. The summed E-state index contributed by atoms with van der Waals surface area (Å²) >= 11 is 0. The molecule has 0 radical (unpaired) electrons. The Kier molecular flexibility index (Phi) is 5.35. The van der Waals surface area contributed by atoms with Gasteiger partial charge >= 0.3 is 0 Å². The molecule has 31 heavy (non-hydrogen) atoms. The summed E-state index contributed by atoms with van der Waals surface area (Å²) < 4.78 is 14.4. The molecule has 0 unspecified atom stereocenters. The van der Waals surface area contributed by atoms with Gasteiger partial charge in [0, 0.05) is 30.5 Å². The van der Waals surface area contributed by atoms with Crippen LogP contribution in [-0.4, -0.2) is 33.4 Å². The van der Waals surface area contributed by atoms with Crippen molar-refractivity contribution in [2.45, 2.75) is 12.8 Å². The van der Waals surface area contributed by atoms with E-state index in [-0.39, 0.29) is 34.7 Å². The number of hydrogen-bond acceptors (Lipinski definition) is 7. The van der Waals surface area contributed by atoms with Crippen molar-refractivity contribution in [1.82, 2.24) is 9.97 Å². The van der Waals surface area contributed by atoms with Crippen molar-refractivity contribution in [2.75, 3.05) is 22.1 Å². The average Bonchev–Trinajstić information content (AvgIpc) is 3.17. The standard InChI is InChI=1S/C21H19FN6O3/c22-16-8-5-13(28-9-1-2-18(28)30)10-17(16)26-21-24-11-15(19(23)31)20(27-21)25-12-3-6-14(29)7-4-12/h3-8,10-11,29H,1-2,9H2,(H2,23,31)(H2,24,25,26,27). The van der Waals surface area contributed by atoms with Crippen LogP contribution in [0.3, 0.4) is 0 Å². The Bertz CT molecular complexity index is 1150. The van der Waals surface area contributed by atoms with Crippen LogP contribution in [0.5, 0.6) is 5.75 Å². The fourth-order valence-corrected chi connectivity index (χ4v) is 3.22. The second kappa shape index (κ2) is 8.27. The zero-order valence-corrected chi connectivity index (χ0v) is 16.3. The van der Waals surface area contributed by atoms with Crippen LogP contribution >= 0.6 is 0 Å². The number of phenols is 1. The number of halogens is 1. The van der Waals surface area contributed by atoms with E-state index in [0.717, 1.165) is 6.42 Å². The predicted molar refractivity (Wildman–Crippen MR) is 113 cm³/mol. The van der Waals surface area contributed by atoms with Crippen molar-refractivity contribution >= 4 is 40.6 Å². The van der Waals surface area contributed by atoms with E-state index in [1.165, 1.54) is 30.5 Å². The third-order valence-corrected chi connectivity index (χ3v) is 4.77. The lowest BCUT2D eigenvalue weighted by Crippen LogP contribution is -2.23. The van der Waals surface area contributed by atoms with E-state index in [1.54, 1.807) is 23.1 Å². The first kappa shape index (κ1) is 20.1. The van der Waals surface area contributed by atoms with Crippen molar-refractivity contribution in [1.29, 1.82) is 0 Å². The maximum absolute atomic E-state index is 14.4. The van der Waals surface area contributed by atoms with Crippen molar-refractivity contribution in [3.63, 3.8) is 0 Å². The molecule has 1 saturated heterocycles. The van der Waals surface area contributed by atoms with E-state index >= 15 is 0 Å². The molecular weight excluding hydrogens is 403 g/mol. The van der Waals surface area contributed by atoms with Gasteiger partial charge in [-0.05, 0) is 48.9 Å². The highest BCUT2D eigenvalue weighted by atomic mass is 19.1. The van der Waals surface area contributed by atoms with Gasteiger partial charge in [0.05, 0.1) is 5.69 Å². The molecule has 9 nitrogen and oxygen atoms in total. The van der Waals surface area contributed by atoms with E-state index in [4.69, 9.17) is 5.73 Å². The minimum Gasteiger partial charge on any atom is -0.508 e. The highest BCUT2D eigenvalue weighted by Crippen LogP contribution is 2.28. The predicted octanol–water partition coefficient (Wildman–Crippen LogP) is 3.03. The first-order valence-electron chi connectivity index (χ1n) is 9.50. The Morgan fingerprint density at radius 2 is 1.94 bits per heavy atom. The second-order valence-corrected chi connectivity index (χ2v) is 6.93. The summed E-state index contributed by atoms with van der Waals surface area (Å²) in [4.78, 5) is 33.6. The van der Waals surface area contributed by atoms with Gasteiger partial charge in [-0.1, -0.05) is 0 Å². The highest BCUT2D eigenvalue weighted by Gasteiger charge is 2.22. The molecular formula is C21H19FN6O3. The summed E-state index contributed by atoms with van der Waals surface area (Å²) in [7, 11) is 0. The molecule has 0 atom stereocenters. The number of rotatable bonds is 6. The molecule has 0 saturated carbocycles. The Morgan fingerprint density at radius 3 is 2.61 bits per heavy atom. The van der Waals surface area contributed by atoms with E-state index in [0.29, 0.717) is 24.3 Å². The van der Waals surface area contributed by atoms with E-state index in [1.807, 2.05) is 0 Å². The summed E-state index contributed by atoms with van der Waals surface area (Å²) in [6.45, 7) is 0.578. The van der Waals surface area contributed by atoms with Crippen LogP contribution < -0.4 is 21.3 Å². The van der Waals surface area contributed by atoms with Crippen LogP contribution in [0.25, 0.3) is 0 Å². The van der Waals surface area contributed by atoms with E-state index in [9.17, 15) is 19.1 Å². The summed E-state index contributed by atoms with van der Waals surface area (Å²) in [5, 5.41) is 15.1. The molecule has 10 heteroatoms. The molecule has 1 aliphatic heterocycles. The van der Waals surface area contributed by atoms with Crippen LogP contribution in [-0.2, 0) is 4.79 Å². The zero-order chi connectivity index (χ0) is 22.0. The van der Waals surface area contributed by atoms with Gasteiger partial charge < -0.3 is 26.4 Å². The minimum atomic E-state index is -0.742. The molecule has 1 aliphatic rings. The Hall–Kier alpha value is -4.21. The summed E-state index contributed by atoms with van der Waals surface area (Å²) in [5.74, 6) is -1.09. The molecule has 5 N–H and O–H groups in total. The van der Waals surface area contributed by atoms with Crippen LogP contribution in [0, 0.1) is 5.82 Å². The lowest BCUT2D eigenvalue weighted by atomic mass is 10.2. The number of benzene rings is 2. The third-order valence-electron chi connectivity index (χ3n) is 4.77. The lowest BCUT2D eigenvalue weighted by molar-refractivity contribution is -0.117. The molecule has 0 aliphatic carbocycles. The summed E-state index contributed by atoms with van der Waals surface area (Å²) in [6.07, 6.45) is 2.44. The number of nitrogens with zero attached hydrogens (tertiary/aromatic N) is 3. The van der Waals surface area contributed by atoms with Gasteiger partial charge in [-0.2, -0.15) is 4.98 Å². The van der Waals surface area contributed by atoms with Crippen LogP contribution in [0.15, 0.2) is 48.7 Å². The van der Waals surface area contributed by atoms with Gasteiger partial charge in [0.1, 0.15) is 22.9 Å². The first-order chi connectivity index (χ1) is 14.9. The van der Waals surface area contributed by atoms with Crippen molar-refractivity contribution in [2.24, 2.45) is 5.73 Å². The molecule has 2 amide bonds. The molecule has 3 aromatic rings. The maximum Gasteiger partial charge on any atom is 0.254 e. The molecule has 0 bridgehead atoms. The van der Waals surface area contributed by atoms with Crippen LogP contribution in [0.1, 0.15) is 23.2 Å². The molecule has 1 aromatic heterocycles. The number of nitrogens with two attached hydrogens (primary N) is 1. The van der Waals surface area contributed by atoms with Crippen LogP contribution in [0.2, 0.25) is 0 Å². The van der Waals surface area contributed by atoms with Crippen molar-refractivity contribution in [3.8, 4) is 5.75 Å². The minimum absolute atomic E-state index is 0.0139. The van der Waals surface area contributed by atoms with Gasteiger partial charge in [0.15, 0.2) is 0 Å². The number of nitrogens with one attached hydrogen (secondary N) is 2. The van der Waals surface area contributed by atoms with Gasteiger partial charge in [-0.25, -0.2) is 9.37 Å². The third kappa shape index (κ3) is 4.37. The number of amides is 2. The molecule has 1 fully saturated rings. The lowest BCUT2D eigenvalue weighted by Gasteiger charge is -2.17. The van der Waals surface area contributed by atoms with Gasteiger partial charge in [0.2, 0.25) is 11.9 Å². The van der Waals surface area contributed by atoms with E-state index in [2.05, 4.69) is 20.6 Å². The topological polar surface area (TPSA) is 133 Å². The number of hydrogen-bond donors (Lipinski definition) is 4. The number of aromatic nitrogens is 2. The largest absolute Gasteiger partial charge is 0.508 e. The Morgan fingerprint density at radius 1 is 1.16 bits per heavy atom. The summed E-state index contributed by atoms with van der Waals surface area (Å²) in [5.41, 5.74) is 6.64. The molecule has 4 rings (SSSR count). The SMILES string of the molecule is NC(=O)c1cnc(Nc2cc(N3CCCC3=O)ccc2F)nc1Nc1ccc(O)cc1. The normalized spacial score (nSPS) is 13.3. The number of primary amides is 1. The summed E-state index contributed by atoms with van der Waals surface area (Å²) in [6, 6.07) is 10.4. The average molecular weight is 422 g/mol. The maximum atomic E-state index is 14.4. The Balaban J connectivity index is 1.63. The fourth-order valence-electron chi connectivity index (χ4n) is 3.22. The number of carbonyl (C=O) groups is 2. The van der Waals surface area contributed by atoms with Gasteiger partial charge in [-0.15, -0.1) is 0 Å². The van der Waals surface area contributed by atoms with Gasteiger partial charge in [-0.3, -0.25) is 9.59 Å².